The van der Waals surface area contributed by atoms with Crippen molar-refractivity contribution in [1.82, 2.24) is 15.0 Å². The van der Waals surface area contributed by atoms with Gasteiger partial charge >= 0.3 is 0 Å². The molecule has 1 atom stereocenters. The molecular formula is C21H30Cl2N4O4. The molecule has 0 spiro atoms. The number of nitrogens with zero attached hydrogens (tertiary/aromatic N) is 3. The Kier molecular flexibility index (Phi) is 10.0. The number of carbonyl (C=O) groups excluding carboxylic acids is 3. The van der Waals surface area contributed by atoms with E-state index in [0.717, 1.165) is 19.3 Å². The van der Waals surface area contributed by atoms with Crippen LogP contribution in [0.25, 0.3) is 0 Å². The van der Waals surface area contributed by atoms with E-state index in [2.05, 4.69) is 6.92 Å². The third-order valence-corrected chi connectivity index (χ3v) is 6.34. The van der Waals surface area contributed by atoms with Gasteiger partial charge in [-0.3, -0.25) is 24.6 Å². The normalized spacial score (nSPS) is 15.5. The van der Waals surface area contributed by atoms with Gasteiger partial charge in [0.05, 0.1) is 28.5 Å². The fraction of sp³-hybridized carbons (Fsp3) is 0.571. The summed E-state index contributed by atoms with van der Waals surface area (Å²) in [5, 5.41) is 12.0. The molecule has 172 valence electrons. The van der Waals surface area contributed by atoms with Crippen molar-refractivity contribution >= 4 is 41.4 Å². The van der Waals surface area contributed by atoms with Crippen molar-refractivity contribution in [1.29, 1.82) is 0 Å². The Morgan fingerprint density at radius 1 is 1.26 bits per heavy atom. The number of halogens is 2. The molecule has 1 heterocycles. The van der Waals surface area contributed by atoms with E-state index in [9.17, 15) is 19.6 Å². The molecule has 1 fully saturated rings. The molecule has 8 nitrogen and oxygen atoms in total. The Bertz CT molecular complexity index is 772. The number of piperidine rings is 1. The summed E-state index contributed by atoms with van der Waals surface area (Å²) >= 11 is 11.9. The predicted octanol–water partition coefficient (Wildman–Crippen LogP) is 3.34. The van der Waals surface area contributed by atoms with Crippen LogP contribution in [0.1, 0.15) is 55.8 Å². The lowest BCUT2D eigenvalue weighted by molar-refractivity contribution is -0.158. The topological polar surface area (TPSA) is 107 Å². The Morgan fingerprint density at radius 3 is 2.52 bits per heavy atom. The van der Waals surface area contributed by atoms with Gasteiger partial charge in [-0.05, 0) is 37.5 Å². The monoisotopic (exact) mass is 472 g/mol. The predicted molar refractivity (Wildman–Crippen MR) is 119 cm³/mol. The smallest absolute Gasteiger partial charge is 0.253 e. The third-order valence-electron chi connectivity index (χ3n) is 5.60. The van der Waals surface area contributed by atoms with Gasteiger partial charge in [0.15, 0.2) is 0 Å². The van der Waals surface area contributed by atoms with Crippen LogP contribution in [0, 0.1) is 5.92 Å². The molecule has 0 aromatic heterocycles. The zero-order chi connectivity index (χ0) is 23.0. The molecule has 0 bridgehead atoms. The van der Waals surface area contributed by atoms with Crippen LogP contribution < -0.4 is 5.84 Å². The molecule has 0 radical (unpaired) electrons. The molecule has 1 saturated heterocycles. The second-order valence-corrected chi connectivity index (χ2v) is 8.63. The first-order valence-electron chi connectivity index (χ1n) is 10.5. The van der Waals surface area contributed by atoms with Crippen molar-refractivity contribution in [2.24, 2.45) is 11.8 Å². The lowest BCUT2D eigenvalue weighted by Crippen LogP contribution is -2.54. The van der Waals surface area contributed by atoms with Gasteiger partial charge in [-0.1, -0.05) is 49.4 Å². The standard InChI is InChI=1S/C21H30Cl2N4O4/c1-2-3-4-5-16(13-26(31)14-28)21(30)27(24)17-8-10-25(11-9-17)20(29)15-6-7-18(22)19(23)12-15/h6-7,12,14,16-17,31H,2-5,8-11,13,24H2,1H3. The van der Waals surface area contributed by atoms with E-state index in [1.807, 2.05) is 0 Å². The molecule has 3 amide bonds. The first-order chi connectivity index (χ1) is 14.8. The molecule has 0 aliphatic carbocycles. The Morgan fingerprint density at radius 2 is 1.94 bits per heavy atom. The molecule has 1 aromatic carbocycles. The number of hydroxylamine groups is 2. The SMILES string of the molecule is CCCCCC(CN(O)C=O)C(=O)N(N)C1CCN(C(=O)c2ccc(Cl)c(Cl)c2)CC1. The van der Waals surface area contributed by atoms with Crippen LogP contribution >= 0.6 is 23.2 Å². The zero-order valence-electron chi connectivity index (χ0n) is 17.7. The van der Waals surface area contributed by atoms with Crippen molar-refractivity contribution in [3.8, 4) is 0 Å². The number of amides is 3. The van der Waals surface area contributed by atoms with Crippen molar-refractivity contribution in [2.75, 3.05) is 19.6 Å². The van der Waals surface area contributed by atoms with Crippen LogP contribution in [0.2, 0.25) is 10.0 Å². The fourth-order valence-corrected chi connectivity index (χ4v) is 4.05. The minimum Gasteiger partial charge on any atom is -0.338 e. The molecular weight excluding hydrogens is 443 g/mol. The third kappa shape index (κ3) is 7.07. The summed E-state index contributed by atoms with van der Waals surface area (Å²) in [6, 6.07) is 4.55. The lowest BCUT2D eigenvalue weighted by Gasteiger charge is -2.37. The van der Waals surface area contributed by atoms with E-state index in [1.54, 1.807) is 23.1 Å². The summed E-state index contributed by atoms with van der Waals surface area (Å²) in [6.45, 7) is 2.87. The van der Waals surface area contributed by atoms with Crippen LogP contribution in [-0.4, -0.2) is 64.1 Å². The molecule has 1 aliphatic heterocycles. The van der Waals surface area contributed by atoms with E-state index < -0.39 is 5.92 Å². The van der Waals surface area contributed by atoms with Crippen LogP contribution in [0.5, 0.6) is 0 Å². The van der Waals surface area contributed by atoms with Gasteiger partial charge in [-0.2, -0.15) is 0 Å². The minimum absolute atomic E-state index is 0.0889. The highest BCUT2D eigenvalue weighted by Gasteiger charge is 2.32. The maximum Gasteiger partial charge on any atom is 0.253 e. The first kappa shape index (κ1) is 25.4. The van der Waals surface area contributed by atoms with Crippen LogP contribution in [0.4, 0.5) is 0 Å². The number of hydrogen-bond donors (Lipinski definition) is 2. The number of carbonyl (C=O) groups is 3. The summed E-state index contributed by atoms with van der Waals surface area (Å²) in [4.78, 5) is 38.2. The van der Waals surface area contributed by atoms with Crippen LogP contribution in [0.15, 0.2) is 18.2 Å². The highest BCUT2D eigenvalue weighted by atomic mass is 35.5. The minimum atomic E-state index is -0.567. The second-order valence-electron chi connectivity index (χ2n) is 7.82. The Balaban J connectivity index is 1.95. The number of likely N-dealkylation sites (tertiary alicyclic amines) is 1. The number of hydrazine groups is 1. The maximum atomic E-state index is 12.9. The first-order valence-corrected chi connectivity index (χ1v) is 11.3. The molecule has 1 unspecified atom stereocenters. The zero-order valence-corrected chi connectivity index (χ0v) is 19.2. The van der Waals surface area contributed by atoms with Crippen LogP contribution in [0.3, 0.4) is 0 Å². The van der Waals surface area contributed by atoms with Crippen molar-refractivity contribution in [2.45, 2.75) is 51.5 Å². The van der Waals surface area contributed by atoms with Crippen molar-refractivity contribution in [3.05, 3.63) is 33.8 Å². The number of rotatable bonds is 10. The summed E-state index contributed by atoms with van der Waals surface area (Å²) in [6.07, 6.45) is 4.66. The quantitative estimate of drug-likeness (QED) is 0.135. The molecule has 10 heteroatoms. The number of unbranched alkanes of at least 4 members (excludes halogenated alkanes) is 2. The Hall–Kier alpha value is -1.87. The highest BCUT2D eigenvalue weighted by Crippen LogP contribution is 2.25. The fourth-order valence-electron chi connectivity index (χ4n) is 3.75. The largest absolute Gasteiger partial charge is 0.338 e. The van der Waals surface area contributed by atoms with E-state index in [-0.39, 0.29) is 30.8 Å². The van der Waals surface area contributed by atoms with Crippen LogP contribution in [-0.2, 0) is 9.59 Å². The molecule has 1 aromatic rings. The van der Waals surface area contributed by atoms with E-state index in [0.29, 0.717) is 53.0 Å². The average Bonchev–Trinajstić information content (AvgIpc) is 2.78. The van der Waals surface area contributed by atoms with E-state index >= 15 is 0 Å². The highest BCUT2D eigenvalue weighted by molar-refractivity contribution is 6.42. The summed E-state index contributed by atoms with van der Waals surface area (Å²) in [7, 11) is 0. The van der Waals surface area contributed by atoms with Gasteiger partial charge in [0.2, 0.25) is 12.3 Å². The van der Waals surface area contributed by atoms with E-state index in [4.69, 9.17) is 29.0 Å². The van der Waals surface area contributed by atoms with Gasteiger partial charge < -0.3 is 4.90 Å². The van der Waals surface area contributed by atoms with Gasteiger partial charge in [0.1, 0.15) is 0 Å². The van der Waals surface area contributed by atoms with Crippen molar-refractivity contribution < 1.29 is 19.6 Å². The molecule has 0 saturated carbocycles. The number of hydrogen-bond acceptors (Lipinski definition) is 5. The van der Waals surface area contributed by atoms with E-state index in [1.165, 1.54) is 5.01 Å². The summed E-state index contributed by atoms with van der Waals surface area (Å²) in [5.74, 6) is 5.13. The average molecular weight is 473 g/mol. The second kappa shape index (κ2) is 12.2. The molecule has 1 aliphatic rings. The summed E-state index contributed by atoms with van der Waals surface area (Å²) in [5.41, 5.74) is 0.460. The molecule has 31 heavy (non-hydrogen) atoms. The van der Waals surface area contributed by atoms with Gasteiger partial charge in [-0.25, -0.2) is 10.9 Å². The van der Waals surface area contributed by atoms with Gasteiger partial charge in [-0.15, -0.1) is 0 Å². The van der Waals surface area contributed by atoms with Gasteiger partial charge in [0.25, 0.3) is 5.91 Å². The lowest BCUT2D eigenvalue weighted by atomic mass is 9.97. The Labute approximate surface area is 192 Å². The molecule has 3 N–H and O–H groups in total. The number of benzene rings is 1. The van der Waals surface area contributed by atoms with Crippen molar-refractivity contribution in [3.63, 3.8) is 0 Å². The maximum absolute atomic E-state index is 12.9. The molecule has 2 rings (SSSR count). The summed E-state index contributed by atoms with van der Waals surface area (Å²) < 4.78 is 0. The number of nitrogens with two attached hydrogens (primary N) is 1. The van der Waals surface area contributed by atoms with Gasteiger partial charge in [0, 0.05) is 18.7 Å².